The number of thiophene rings is 2. The zero-order chi connectivity index (χ0) is 20.1. The summed E-state index contributed by atoms with van der Waals surface area (Å²) >= 11 is 7.92. The molecule has 0 aliphatic heterocycles. The Morgan fingerprint density at radius 1 is 1.14 bits per heavy atom. The van der Waals surface area contributed by atoms with Gasteiger partial charge >= 0.3 is 5.97 Å². The molecule has 0 radical (unpaired) electrons. The molecule has 0 spiro atoms. The number of rotatable bonds is 5. The number of nitrogens with one attached hydrogen (secondary N) is 2. The van der Waals surface area contributed by atoms with Crippen molar-refractivity contribution in [2.24, 2.45) is 0 Å². The van der Waals surface area contributed by atoms with Gasteiger partial charge in [0.25, 0.3) is 5.91 Å². The molecule has 2 heterocycles. The van der Waals surface area contributed by atoms with Crippen molar-refractivity contribution >= 4 is 56.9 Å². The first-order chi connectivity index (χ1) is 13.5. The highest BCUT2D eigenvalue weighted by Crippen LogP contribution is 2.36. The molecule has 8 heteroatoms. The Morgan fingerprint density at radius 2 is 1.89 bits per heavy atom. The van der Waals surface area contributed by atoms with Crippen molar-refractivity contribution in [2.45, 2.75) is 13.8 Å². The van der Waals surface area contributed by atoms with Crippen LogP contribution in [0.2, 0.25) is 0 Å². The largest absolute Gasteiger partial charge is 0.462 e. The molecule has 0 unspecified atom stereocenters. The molecular weight excluding hydrogens is 412 g/mol. The van der Waals surface area contributed by atoms with Gasteiger partial charge in [-0.25, -0.2) is 4.79 Å². The van der Waals surface area contributed by atoms with E-state index in [1.165, 1.54) is 22.7 Å². The topological polar surface area (TPSA) is 67.4 Å². The van der Waals surface area contributed by atoms with Crippen LogP contribution < -0.4 is 10.6 Å². The minimum atomic E-state index is -0.436. The maximum absolute atomic E-state index is 12.6. The fourth-order valence-electron chi connectivity index (χ4n) is 2.51. The molecule has 0 saturated heterocycles. The lowest BCUT2D eigenvalue weighted by molar-refractivity contribution is 0.0529. The number of amides is 1. The zero-order valence-corrected chi connectivity index (χ0v) is 17.7. The van der Waals surface area contributed by atoms with Crippen LogP contribution in [0.25, 0.3) is 11.1 Å². The molecule has 0 aliphatic rings. The van der Waals surface area contributed by atoms with Crippen LogP contribution in [0.1, 0.15) is 32.5 Å². The Morgan fingerprint density at radius 3 is 2.54 bits per heavy atom. The minimum Gasteiger partial charge on any atom is -0.462 e. The molecule has 0 fully saturated rings. The van der Waals surface area contributed by atoms with E-state index in [1.54, 1.807) is 19.1 Å². The van der Waals surface area contributed by atoms with Crippen molar-refractivity contribution in [1.82, 2.24) is 5.32 Å². The van der Waals surface area contributed by atoms with Crippen molar-refractivity contribution in [3.8, 4) is 11.1 Å². The molecule has 144 valence electrons. The second-order valence-corrected chi connectivity index (χ2v) is 8.06. The predicted molar refractivity (Wildman–Crippen MR) is 118 cm³/mol. The van der Waals surface area contributed by atoms with Crippen LogP contribution >= 0.6 is 34.9 Å². The second-order valence-electron chi connectivity index (χ2n) is 5.83. The maximum Gasteiger partial charge on any atom is 0.341 e. The number of aryl methyl sites for hydroxylation is 1. The standard InChI is InChI=1S/C20H18N2O3S3/c1-3-25-19(24)16-14(13-8-6-12(2)7-9-13)11-28-18(16)22-20(26)21-17(23)15-5-4-10-27-15/h4-11H,3H2,1-2H3,(H2,21,22,23,26). The summed E-state index contributed by atoms with van der Waals surface area (Å²) in [5, 5.41) is 9.95. The van der Waals surface area contributed by atoms with Gasteiger partial charge in [-0.15, -0.1) is 22.7 Å². The Labute approximate surface area is 176 Å². The van der Waals surface area contributed by atoms with E-state index in [0.717, 1.165) is 16.7 Å². The molecule has 1 aromatic carbocycles. The van der Waals surface area contributed by atoms with Crippen LogP contribution in [-0.4, -0.2) is 23.6 Å². The Balaban J connectivity index is 1.85. The van der Waals surface area contributed by atoms with Gasteiger partial charge < -0.3 is 10.1 Å². The number of anilines is 1. The van der Waals surface area contributed by atoms with Gasteiger partial charge in [0, 0.05) is 10.9 Å². The molecular formula is C20H18N2O3S3. The van der Waals surface area contributed by atoms with Gasteiger partial charge in [-0.1, -0.05) is 35.9 Å². The van der Waals surface area contributed by atoms with Gasteiger partial charge in [0.15, 0.2) is 5.11 Å². The number of carbonyl (C=O) groups excluding carboxylic acids is 2. The monoisotopic (exact) mass is 430 g/mol. The maximum atomic E-state index is 12.6. The molecule has 3 aromatic rings. The molecule has 0 bridgehead atoms. The quantitative estimate of drug-likeness (QED) is 0.436. The number of benzene rings is 1. The first-order valence-electron chi connectivity index (χ1n) is 8.51. The summed E-state index contributed by atoms with van der Waals surface area (Å²) in [6.07, 6.45) is 0. The highest BCUT2D eigenvalue weighted by Gasteiger charge is 2.22. The summed E-state index contributed by atoms with van der Waals surface area (Å²) in [6.45, 7) is 4.03. The van der Waals surface area contributed by atoms with Crippen molar-refractivity contribution in [3.63, 3.8) is 0 Å². The van der Waals surface area contributed by atoms with Crippen molar-refractivity contribution in [2.75, 3.05) is 11.9 Å². The number of ether oxygens (including phenoxy) is 1. The number of hydrogen-bond acceptors (Lipinski definition) is 6. The van der Waals surface area contributed by atoms with Crippen molar-refractivity contribution in [1.29, 1.82) is 0 Å². The molecule has 2 aromatic heterocycles. The normalized spacial score (nSPS) is 10.4. The fourth-order valence-corrected chi connectivity index (χ4v) is 4.35. The summed E-state index contributed by atoms with van der Waals surface area (Å²) in [4.78, 5) is 25.3. The second kappa shape index (κ2) is 9.09. The number of hydrogen-bond donors (Lipinski definition) is 2. The molecule has 3 rings (SSSR count). The summed E-state index contributed by atoms with van der Waals surface area (Å²) in [7, 11) is 0. The zero-order valence-electron chi connectivity index (χ0n) is 15.3. The molecule has 0 saturated carbocycles. The van der Waals surface area contributed by atoms with Crippen LogP contribution in [0.15, 0.2) is 47.2 Å². The van der Waals surface area contributed by atoms with E-state index in [-0.39, 0.29) is 17.6 Å². The summed E-state index contributed by atoms with van der Waals surface area (Å²) in [5.74, 6) is -0.727. The van der Waals surface area contributed by atoms with E-state index >= 15 is 0 Å². The Kier molecular flexibility index (Phi) is 6.56. The Bertz CT molecular complexity index is 992. The highest BCUT2D eigenvalue weighted by atomic mass is 32.1. The lowest BCUT2D eigenvalue weighted by Gasteiger charge is -2.11. The third-order valence-corrected chi connectivity index (χ3v) is 5.80. The summed E-state index contributed by atoms with van der Waals surface area (Å²) in [6, 6.07) is 11.4. The van der Waals surface area contributed by atoms with E-state index < -0.39 is 5.97 Å². The molecule has 5 nitrogen and oxygen atoms in total. The molecule has 0 aliphatic carbocycles. The van der Waals surface area contributed by atoms with Crippen molar-refractivity contribution < 1.29 is 14.3 Å². The van der Waals surface area contributed by atoms with Crippen molar-refractivity contribution in [3.05, 3.63) is 63.2 Å². The molecule has 0 atom stereocenters. The molecule has 28 heavy (non-hydrogen) atoms. The molecule has 2 N–H and O–H groups in total. The smallest absolute Gasteiger partial charge is 0.341 e. The van der Waals surface area contributed by atoms with Gasteiger partial charge in [-0.05, 0) is 43.1 Å². The minimum absolute atomic E-state index is 0.126. The van der Waals surface area contributed by atoms with E-state index in [9.17, 15) is 9.59 Å². The van der Waals surface area contributed by atoms with Gasteiger partial charge in [0.1, 0.15) is 10.6 Å². The van der Waals surface area contributed by atoms with Crippen LogP contribution in [-0.2, 0) is 4.74 Å². The first-order valence-corrected chi connectivity index (χ1v) is 10.7. The lowest BCUT2D eigenvalue weighted by Crippen LogP contribution is -2.33. The van der Waals surface area contributed by atoms with Crippen LogP contribution in [0.3, 0.4) is 0 Å². The predicted octanol–water partition coefficient (Wildman–Crippen LogP) is 5.09. The van der Waals surface area contributed by atoms with Gasteiger partial charge in [-0.2, -0.15) is 0 Å². The van der Waals surface area contributed by atoms with Crippen LogP contribution in [0.4, 0.5) is 5.00 Å². The van der Waals surface area contributed by atoms with Gasteiger partial charge in [-0.3, -0.25) is 10.1 Å². The van der Waals surface area contributed by atoms with E-state index in [0.29, 0.717) is 15.4 Å². The summed E-state index contributed by atoms with van der Waals surface area (Å²) < 4.78 is 5.23. The SMILES string of the molecule is CCOC(=O)c1c(-c2ccc(C)cc2)csc1NC(=S)NC(=O)c1cccs1. The average Bonchev–Trinajstić information content (AvgIpc) is 3.32. The van der Waals surface area contributed by atoms with Crippen LogP contribution in [0, 0.1) is 6.92 Å². The number of carbonyl (C=O) groups is 2. The van der Waals surface area contributed by atoms with E-state index in [2.05, 4.69) is 10.6 Å². The van der Waals surface area contributed by atoms with Crippen LogP contribution in [0.5, 0.6) is 0 Å². The number of esters is 1. The lowest BCUT2D eigenvalue weighted by atomic mass is 10.0. The van der Waals surface area contributed by atoms with Gasteiger partial charge in [0.05, 0.1) is 11.5 Å². The first kappa shape index (κ1) is 20.2. The molecule has 1 amide bonds. The summed E-state index contributed by atoms with van der Waals surface area (Å²) in [5.41, 5.74) is 3.21. The Hall–Kier alpha value is -2.55. The van der Waals surface area contributed by atoms with E-state index in [4.69, 9.17) is 17.0 Å². The fraction of sp³-hybridized carbons (Fsp3) is 0.150. The van der Waals surface area contributed by atoms with E-state index in [1.807, 2.05) is 41.9 Å². The number of thiocarbonyl (C=S) groups is 1. The third kappa shape index (κ3) is 4.64. The average molecular weight is 431 g/mol. The third-order valence-electron chi connectivity index (χ3n) is 3.83. The van der Waals surface area contributed by atoms with Gasteiger partial charge in [0.2, 0.25) is 0 Å². The highest BCUT2D eigenvalue weighted by molar-refractivity contribution is 7.80.